The van der Waals surface area contributed by atoms with Gasteiger partial charge in [0.15, 0.2) is 0 Å². The highest BCUT2D eigenvalue weighted by Gasteiger charge is 2.26. The lowest BCUT2D eigenvalue weighted by Crippen LogP contribution is -2.40. The smallest absolute Gasteiger partial charge is 0.234 e. The van der Waals surface area contributed by atoms with Crippen molar-refractivity contribution in [1.82, 2.24) is 4.90 Å². The predicted octanol–water partition coefficient (Wildman–Crippen LogP) is 3.07. The summed E-state index contributed by atoms with van der Waals surface area (Å²) >= 11 is 1.54. The molecular formula is C15H18N2OS. The van der Waals surface area contributed by atoms with Crippen molar-refractivity contribution in [3.05, 3.63) is 30.3 Å². The van der Waals surface area contributed by atoms with Gasteiger partial charge in [0, 0.05) is 10.9 Å². The van der Waals surface area contributed by atoms with E-state index in [2.05, 4.69) is 6.07 Å². The molecule has 0 atom stereocenters. The number of rotatable bonds is 5. The Labute approximate surface area is 118 Å². The predicted molar refractivity (Wildman–Crippen MR) is 76.7 cm³/mol. The van der Waals surface area contributed by atoms with Gasteiger partial charge >= 0.3 is 0 Å². The number of thioether (sulfide) groups is 1. The molecule has 2 rings (SSSR count). The number of hydrogen-bond donors (Lipinski definition) is 0. The van der Waals surface area contributed by atoms with Crippen molar-refractivity contribution < 1.29 is 4.79 Å². The van der Waals surface area contributed by atoms with E-state index in [1.54, 1.807) is 16.7 Å². The fraction of sp³-hybridized carbons (Fsp3) is 0.467. The molecule has 0 aromatic heterocycles. The van der Waals surface area contributed by atoms with Gasteiger partial charge in [0.25, 0.3) is 0 Å². The summed E-state index contributed by atoms with van der Waals surface area (Å²) in [4.78, 5) is 15.1. The monoisotopic (exact) mass is 274 g/mol. The Kier molecular flexibility index (Phi) is 5.29. The molecule has 100 valence electrons. The fourth-order valence-corrected chi connectivity index (χ4v) is 3.26. The van der Waals surface area contributed by atoms with Crippen LogP contribution < -0.4 is 0 Å². The van der Waals surface area contributed by atoms with E-state index in [4.69, 9.17) is 5.26 Å². The number of carbonyl (C=O) groups is 1. The summed E-state index contributed by atoms with van der Waals surface area (Å²) < 4.78 is 0. The Morgan fingerprint density at radius 3 is 2.63 bits per heavy atom. The number of nitriles is 1. The third-order valence-corrected chi connectivity index (χ3v) is 4.43. The van der Waals surface area contributed by atoms with E-state index >= 15 is 0 Å². The minimum atomic E-state index is 0.0855. The number of amides is 1. The van der Waals surface area contributed by atoms with Gasteiger partial charge in [-0.3, -0.25) is 4.79 Å². The third-order valence-electron chi connectivity index (χ3n) is 3.43. The maximum atomic E-state index is 12.2. The van der Waals surface area contributed by atoms with E-state index in [1.807, 2.05) is 30.3 Å². The standard InChI is InChI=1S/C15H18N2OS/c16-10-11-17(13-6-4-5-7-13)15(18)12-19-14-8-2-1-3-9-14/h1-3,8-9,13H,4-7,11-12H2. The molecule has 1 aliphatic rings. The topological polar surface area (TPSA) is 44.1 Å². The van der Waals surface area contributed by atoms with Gasteiger partial charge in [-0.15, -0.1) is 11.8 Å². The highest BCUT2D eigenvalue weighted by atomic mass is 32.2. The summed E-state index contributed by atoms with van der Waals surface area (Å²) in [6.45, 7) is 0.221. The first-order valence-electron chi connectivity index (χ1n) is 6.65. The Balaban J connectivity index is 1.90. The molecule has 0 N–H and O–H groups in total. The van der Waals surface area contributed by atoms with Crippen LogP contribution in [0.5, 0.6) is 0 Å². The van der Waals surface area contributed by atoms with Gasteiger partial charge in [0.2, 0.25) is 5.91 Å². The molecule has 1 saturated carbocycles. The molecule has 0 heterocycles. The van der Waals surface area contributed by atoms with Crippen LogP contribution in [0, 0.1) is 11.3 Å². The van der Waals surface area contributed by atoms with Gasteiger partial charge in [0.05, 0.1) is 11.8 Å². The minimum Gasteiger partial charge on any atom is -0.326 e. The summed E-state index contributed by atoms with van der Waals surface area (Å²) in [5, 5.41) is 8.88. The Morgan fingerprint density at radius 1 is 1.32 bits per heavy atom. The molecule has 0 spiro atoms. The van der Waals surface area contributed by atoms with Crippen LogP contribution >= 0.6 is 11.8 Å². The molecular weight excluding hydrogens is 256 g/mol. The van der Waals surface area contributed by atoms with E-state index < -0.39 is 0 Å². The van der Waals surface area contributed by atoms with E-state index in [0.29, 0.717) is 5.75 Å². The van der Waals surface area contributed by atoms with Gasteiger partial charge < -0.3 is 4.90 Å². The molecule has 1 aromatic carbocycles. The maximum absolute atomic E-state index is 12.2. The van der Waals surface area contributed by atoms with Gasteiger partial charge in [0.1, 0.15) is 6.54 Å². The van der Waals surface area contributed by atoms with Crippen molar-refractivity contribution in [2.24, 2.45) is 0 Å². The summed E-state index contributed by atoms with van der Waals surface area (Å²) in [6.07, 6.45) is 4.43. The average molecular weight is 274 g/mol. The first kappa shape index (κ1) is 14.0. The van der Waals surface area contributed by atoms with Gasteiger partial charge in [-0.05, 0) is 25.0 Å². The van der Waals surface area contributed by atoms with Crippen molar-refractivity contribution in [1.29, 1.82) is 5.26 Å². The van der Waals surface area contributed by atoms with Crippen molar-refractivity contribution in [3.63, 3.8) is 0 Å². The van der Waals surface area contributed by atoms with Crippen LogP contribution in [0.1, 0.15) is 25.7 Å². The molecule has 1 aliphatic carbocycles. The first-order chi connectivity index (χ1) is 9.31. The maximum Gasteiger partial charge on any atom is 0.234 e. The summed E-state index contributed by atoms with van der Waals surface area (Å²) in [5.41, 5.74) is 0. The second-order valence-electron chi connectivity index (χ2n) is 4.72. The van der Waals surface area contributed by atoms with Crippen molar-refractivity contribution in [3.8, 4) is 6.07 Å². The van der Waals surface area contributed by atoms with Gasteiger partial charge in [-0.1, -0.05) is 31.0 Å². The fourth-order valence-electron chi connectivity index (χ4n) is 2.46. The van der Waals surface area contributed by atoms with Crippen molar-refractivity contribution in [2.45, 2.75) is 36.6 Å². The minimum absolute atomic E-state index is 0.0855. The van der Waals surface area contributed by atoms with Crippen LogP contribution in [0.3, 0.4) is 0 Å². The molecule has 0 radical (unpaired) electrons. The number of benzene rings is 1. The Hall–Kier alpha value is -1.47. The summed E-state index contributed by atoms with van der Waals surface area (Å²) in [7, 11) is 0. The molecule has 1 fully saturated rings. The van der Waals surface area contributed by atoms with E-state index in [0.717, 1.165) is 17.7 Å². The SMILES string of the molecule is N#CCN(C(=O)CSc1ccccc1)C1CCCC1. The van der Waals surface area contributed by atoms with Gasteiger partial charge in [-0.25, -0.2) is 0 Å². The van der Waals surface area contributed by atoms with Crippen molar-refractivity contribution >= 4 is 17.7 Å². The van der Waals surface area contributed by atoms with Crippen molar-refractivity contribution in [2.75, 3.05) is 12.3 Å². The summed E-state index contributed by atoms with van der Waals surface area (Å²) in [6, 6.07) is 12.3. The Morgan fingerprint density at radius 2 is 2.00 bits per heavy atom. The van der Waals surface area contributed by atoms with Crippen LogP contribution in [0.25, 0.3) is 0 Å². The molecule has 1 amide bonds. The zero-order valence-electron chi connectivity index (χ0n) is 10.9. The van der Waals surface area contributed by atoms with E-state index in [9.17, 15) is 4.79 Å². The van der Waals surface area contributed by atoms with E-state index in [1.165, 1.54) is 12.8 Å². The number of nitrogens with zero attached hydrogens (tertiary/aromatic N) is 2. The second kappa shape index (κ2) is 7.20. The molecule has 1 aromatic rings. The quantitative estimate of drug-likeness (QED) is 0.612. The lowest BCUT2D eigenvalue weighted by Gasteiger charge is -2.26. The molecule has 19 heavy (non-hydrogen) atoms. The first-order valence-corrected chi connectivity index (χ1v) is 7.64. The third kappa shape index (κ3) is 4.00. The van der Waals surface area contributed by atoms with E-state index in [-0.39, 0.29) is 18.5 Å². The van der Waals surface area contributed by atoms with Gasteiger partial charge in [-0.2, -0.15) is 5.26 Å². The number of carbonyl (C=O) groups excluding carboxylic acids is 1. The zero-order valence-corrected chi connectivity index (χ0v) is 11.7. The summed E-state index contributed by atoms with van der Waals surface area (Å²) in [5.74, 6) is 0.504. The highest BCUT2D eigenvalue weighted by molar-refractivity contribution is 8.00. The van der Waals surface area contributed by atoms with Crippen LogP contribution in [0.15, 0.2) is 35.2 Å². The molecule has 0 bridgehead atoms. The van der Waals surface area contributed by atoms with Crippen LogP contribution in [-0.2, 0) is 4.79 Å². The molecule has 0 aliphatic heterocycles. The lowest BCUT2D eigenvalue weighted by molar-refractivity contribution is -0.129. The lowest BCUT2D eigenvalue weighted by atomic mass is 10.2. The molecule has 3 nitrogen and oxygen atoms in total. The molecule has 0 saturated heterocycles. The van der Waals surface area contributed by atoms with Crippen LogP contribution in [-0.4, -0.2) is 29.1 Å². The molecule has 0 unspecified atom stereocenters. The van der Waals surface area contributed by atoms with Crippen LogP contribution in [0.2, 0.25) is 0 Å². The highest BCUT2D eigenvalue weighted by Crippen LogP contribution is 2.25. The second-order valence-corrected chi connectivity index (χ2v) is 5.77. The Bertz CT molecular complexity index is 449. The largest absolute Gasteiger partial charge is 0.326 e. The number of hydrogen-bond acceptors (Lipinski definition) is 3. The zero-order chi connectivity index (χ0) is 13.5. The molecule has 4 heteroatoms. The van der Waals surface area contributed by atoms with Crippen LogP contribution in [0.4, 0.5) is 0 Å². The normalized spacial score (nSPS) is 15.1. The average Bonchev–Trinajstić information content (AvgIpc) is 2.97.